The van der Waals surface area contributed by atoms with Crippen molar-refractivity contribution in [3.63, 3.8) is 0 Å². The van der Waals surface area contributed by atoms with Crippen LogP contribution in [0.5, 0.6) is 5.75 Å². The summed E-state index contributed by atoms with van der Waals surface area (Å²) in [5.74, 6) is -0.757. The van der Waals surface area contributed by atoms with Crippen molar-refractivity contribution in [3.05, 3.63) is 53.1 Å². The summed E-state index contributed by atoms with van der Waals surface area (Å²) in [6.07, 6.45) is -4.24. The number of ether oxygens (including phenoxy) is 3. The van der Waals surface area contributed by atoms with Crippen molar-refractivity contribution in [3.8, 4) is 5.75 Å². The van der Waals surface area contributed by atoms with E-state index in [0.29, 0.717) is 4.57 Å². The van der Waals surface area contributed by atoms with E-state index in [2.05, 4.69) is 10.1 Å². The topological polar surface area (TPSA) is 173 Å². The number of aliphatic hydroxyl groups excluding tert-OH is 1. The molecule has 0 spiro atoms. The van der Waals surface area contributed by atoms with Crippen molar-refractivity contribution in [2.45, 2.75) is 36.5 Å². The first kappa shape index (κ1) is 29.0. The molecule has 0 saturated carbocycles. The zero-order valence-electron chi connectivity index (χ0n) is 19.9. The number of nitrogen functional groups attached to an aromatic ring is 1. The minimum Gasteiger partial charge on any atom is -0.462 e. The molecule has 0 amide bonds. The molecule has 3 rings (SSSR count). The van der Waals surface area contributed by atoms with Crippen LogP contribution in [0, 0.1) is 0 Å². The van der Waals surface area contributed by atoms with E-state index >= 15 is 4.39 Å². The molecule has 4 N–H and O–H groups in total. The number of aromatic nitrogens is 2. The standard InChI is InChI=1S/C21H27ClFN4O9P/c1-13(18(29)33-11-10-32-2)26-37(31,36-14-6-4-3-5-7-14)34-12-15-17(28)21(22,23)19(35-15)27-9-8-16(24)25-20(27)30/h3-9,13,15,17,19,28H,10-12H2,1-2H3,(H,26,31)(H2,24,25,30)/t13-,15+,17+,19+,21+,37-/m0/s1. The number of benzene rings is 1. The molecule has 6 atom stereocenters. The highest BCUT2D eigenvalue weighted by Gasteiger charge is 2.58. The molecule has 0 unspecified atom stereocenters. The molecule has 1 fully saturated rings. The molecule has 1 saturated heterocycles. The van der Waals surface area contributed by atoms with Crippen LogP contribution in [-0.4, -0.2) is 70.9 Å². The minimum atomic E-state index is -4.36. The fraction of sp³-hybridized carbons (Fsp3) is 0.476. The van der Waals surface area contributed by atoms with Crippen molar-refractivity contribution >= 4 is 31.1 Å². The van der Waals surface area contributed by atoms with Crippen LogP contribution in [-0.2, 0) is 28.1 Å². The maximum Gasteiger partial charge on any atom is 0.459 e. The van der Waals surface area contributed by atoms with Gasteiger partial charge in [0.05, 0.1) is 13.2 Å². The maximum absolute atomic E-state index is 15.2. The smallest absolute Gasteiger partial charge is 0.459 e. The van der Waals surface area contributed by atoms with Crippen molar-refractivity contribution in [2.24, 2.45) is 0 Å². The molecule has 1 aromatic heterocycles. The Balaban J connectivity index is 1.76. The van der Waals surface area contributed by atoms with Crippen LogP contribution in [0.25, 0.3) is 0 Å². The zero-order chi connectivity index (χ0) is 27.2. The van der Waals surface area contributed by atoms with E-state index in [1.165, 1.54) is 32.2 Å². The van der Waals surface area contributed by atoms with E-state index in [1.807, 2.05) is 0 Å². The molecule has 204 valence electrons. The van der Waals surface area contributed by atoms with Gasteiger partial charge in [0.2, 0.25) is 0 Å². The van der Waals surface area contributed by atoms with Gasteiger partial charge in [0.25, 0.3) is 5.13 Å². The average Bonchev–Trinajstić information content (AvgIpc) is 3.07. The molecule has 13 nitrogen and oxygen atoms in total. The summed E-state index contributed by atoms with van der Waals surface area (Å²) in [7, 11) is -2.92. The Kier molecular flexibility index (Phi) is 9.64. The van der Waals surface area contributed by atoms with Crippen LogP contribution in [0.2, 0.25) is 0 Å². The van der Waals surface area contributed by atoms with Gasteiger partial charge in [-0.15, -0.1) is 0 Å². The van der Waals surface area contributed by atoms with Crippen molar-refractivity contribution in [1.29, 1.82) is 0 Å². The Labute approximate surface area is 216 Å². The van der Waals surface area contributed by atoms with Crippen LogP contribution >= 0.6 is 19.3 Å². The zero-order valence-corrected chi connectivity index (χ0v) is 21.5. The summed E-state index contributed by atoms with van der Waals surface area (Å²) in [5.41, 5.74) is 4.48. The van der Waals surface area contributed by atoms with Crippen LogP contribution in [0.15, 0.2) is 47.4 Å². The van der Waals surface area contributed by atoms with Gasteiger partial charge in [0.15, 0.2) is 6.23 Å². The highest BCUT2D eigenvalue weighted by atomic mass is 35.5. The second-order valence-electron chi connectivity index (χ2n) is 7.90. The quantitative estimate of drug-likeness (QED) is 0.146. The first-order valence-electron chi connectivity index (χ1n) is 11.0. The number of esters is 1. The number of carbonyl (C=O) groups is 1. The summed E-state index contributed by atoms with van der Waals surface area (Å²) in [5, 5.41) is 9.92. The van der Waals surface area contributed by atoms with Crippen LogP contribution < -0.4 is 21.0 Å². The number of carbonyl (C=O) groups excluding carboxylic acids is 1. The lowest BCUT2D eigenvalue weighted by molar-refractivity contribution is -0.146. The second kappa shape index (κ2) is 12.3. The van der Waals surface area contributed by atoms with Gasteiger partial charge in [-0.1, -0.05) is 29.8 Å². The number of alkyl halides is 2. The van der Waals surface area contributed by atoms with Crippen molar-refractivity contribution < 1.29 is 42.1 Å². The number of hydrogen-bond donors (Lipinski definition) is 3. The van der Waals surface area contributed by atoms with E-state index in [-0.39, 0.29) is 24.8 Å². The molecular weight excluding hydrogens is 538 g/mol. The van der Waals surface area contributed by atoms with Crippen molar-refractivity contribution in [2.75, 3.05) is 32.7 Å². The van der Waals surface area contributed by atoms with Gasteiger partial charge in [-0.3, -0.25) is 13.9 Å². The lowest BCUT2D eigenvalue weighted by Gasteiger charge is -2.24. The van der Waals surface area contributed by atoms with E-state index < -0.39 is 55.6 Å². The Morgan fingerprint density at radius 3 is 2.73 bits per heavy atom. The second-order valence-corrected chi connectivity index (χ2v) is 10.2. The van der Waals surface area contributed by atoms with Gasteiger partial charge >= 0.3 is 19.4 Å². The fourth-order valence-electron chi connectivity index (χ4n) is 3.23. The maximum atomic E-state index is 15.2. The largest absolute Gasteiger partial charge is 0.462 e. The van der Waals surface area contributed by atoms with Gasteiger partial charge in [-0.2, -0.15) is 10.1 Å². The molecule has 1 aliphatic rings. The van der Waals surface area contributed by atoms with E-state index in [1.54, 1.807) is 18.2 Å². The number of halogens is 2. The third-order valence-corrected chi connectivity index (χ3v) is 7.15. The molecule has 16 heteroatoms. The van der Waals surface area contributed by atoms with Crippen LogP contribution in [0.4, 0.5) is 10.2 Å². The molecule has 0 bridgehead atoms. The van der Waals surface area contributed by atoms with Gasteiger partial charge in [0.1, 0.15) is 36.4 Å². The third kappa shape index (κ3) is 7.26. The Morgan fingerprint density at radius 2 is 2.08 bits per heavy atom. The third-order valence-electron chi connectivity index (χ3n) is 5.10. The SMILES string of the molecule is COCCOC(=O)[C@H](C)N[P@](=O)(OC[C@H]1O[C@@H](n2ccc(N)nc2=O)[C@@](F)(Cl)[C@@H]1O)Oc1ccccc1. The van der Waals surface area contributed by atoms with Crippen molar-refractivity contribution in [1.82, 2.24) is 14.6 Å². The lowest BCUT2D eigenvalue weighted by atomic mass is 10.1. The van der Waals surface area contributed by atoms with E-state index in [4.69, 9.17) is 40.6 Å². The predicted molar refractivity (Wildman–Crippen MR) is 129 cm³/mol. The molecule has 1 aromatic carbocycles. The number of nitrogens with one attached hydrogen (secondary N) is 1. The predicted octanol–water partition coefficient (Wildman–Crippen LogP) is 1.36. The molecule has 1 aliphatic heterocycles. The first-order valence-corrected chi connectivity index (χ1v) is 12.9. The van der Waals surface area contributed by atoms with Crippen LogP contribution in [0.1, 0.15) is 13.2 Å². The summed E-state index contributed by atoms with van der Waals surface area (Å²) in [6.45, 7) is 0.766. The molecule has 0 aliphatic carbocycles. The number of methoxy groups -OCH3 is 1. The number of rotatable bonds is 12. The minimum absolute atomic E-state index is 0.0385. The molecular formula is C21H27ClFN4O9P. The normalized spacial score (nSPS) is 25.8. The summed E-state index contributed by atoms with van der Waals surface area (Å²) < 4.78 is 55.7. The van der Waals surface area contributed by atoms with Crippen LogP contribution in [0.3, 0.4) is 0 Å². The Morgan fingerprint density at radius 1 is 1.38 bits per heavy atom. The monoisotopic (exact) mass is 564 g/mol. The highest BCUT2D eigenvalue weighted by Crippen LogP contribution is 2.48. The van der Waals surface area contributed by atoms with Gasteiger partial charge < -0.3 is 29.6 Å². The Bertz CT molecular complexity index is 1170. The molecule has 0 radical (unpaired) electrons. The number of hydrogen-bond acceptors (Lipinski definition) is 11. The number of nitrogens with two attached hydrogens (primary N) is 1. The van der Waals surface area contributed by atoms with Gasteiger partial charge in [0, 0.05) is 13.3 Å². The first-order chi connectivity index (χ1) is 17.5. The fourth-order valence-corrected chi connectivity index (χ4v) is 5.03. The Hall–Kier alpha value is -2.58. The van der Waals surface area contributed by atoms with Gasteiger partial charge in [-0.05, 0) is 25.1 Å². The lowest BCUT2D eigenvalue weighted by Crippen LogP contribution is -2.41. The summed E-state index contributed by atoms with van der Waals surface area (Å²) in [4.78, 5) is 27.9. The molecule has 37 heavy (non-hydrogen) atoms. The number of anilines is 1. The number of nitrogens with zero attached hydrogens (tertiary/aromatic N) is 2. The molecule has 2 heterocycles. The van der Waals surface area contributed by atoms with E-state index in [9.17, 15) is 19.3 Å². The summed E-state index contributed by atoms with van der Waals surface area (Å²) >= 11 is 5.89. The van der Waals surface area contributed by atoms with Gasteiger partial charge in [-0.25, -0.2) is 13.8 Å². The highest BCUT2D eigenvalue weighted by molar-refractivity contribution is 7.52. The molecule has 2 aromatic rings. The number of para-hydroxylation sites is 1. The average molecular weight is 565 g/mol. The number of aliphatic hydroxyl groups is 1. The summed E-state index contributed by atoms with van der Waals surface area (Å²) in [6, 6.07) is 7.94. The van der Waals surface area contributed by atoms with E-state index in [0.717, 1.165) is 6.20 Å².